The van der Waals surface area contributed by atoms with Gasteiger partial charge in [0.25, 0.3) is 0 Å². The van der Waals surface area contributed by atoms with E-state index in [1.54, 1.807) is 0 Å². The zero-order valence-corrected chi connectivity index (χ0v) is 22.4. The van der Waals surface area contributed by atoms with Gasteiger partial charge >= 0.3 is 0 Å². The second kappa shape index (κ2) is 13.7. The van der Waals surface area contributed by atoms with Crippen LogP contribution in [0.5, 0.6) is 0 Å². The molecular weight excluding hydrogens is 486 g/mol. The minimum Gasteiger partial charge on any atom is -0.352 e. The molecule has 1 aliphatic heterocycles. The topological polar surface area (TPSA) is 81.3 Å². The maximum absolute atomic E-state index is 13.3. The molecule has 39 heavy (non-hydrogen) atoms. The fourth-order valence-electron chi connectivity index (χ4n) is 5.34. The average Bonchev–Trinajstić information content (AvgIpc) is 3.51. The van der Waals surface area contributed by atoms with Crippen molar-refractivity contribution in [3.8, 4) is 0 Å². The number of carbonyl (C=O) groups excluding carboxylic acids is 1. The van der Waals surface area contributed by atoms with Crippen molar-refractivity contribution in [2.45, 2.75) is 31.6 Å². The van der Waals surface area contributed by atoms with E-state index in [2.05, 4.69) is 115 Å². The highest BCUT2D eigenvalue weighted by molar-refractivity contribution is 5.76. The second-order valence-electron chi connectivity index (χ2n) is 10.1. The fraction of sp³-hybridized carbons (Fsp3) is 0.355. The molecule has 1 N–H and O–H groups in total. The van der Waals surface area contributed by atoms with E-state index in [9.17, 15) is 4.79 Å². The predicted octanol–water partition coefficient (Wildman–Crippen LogP) is 4.60. The van der Waals surface area contributed by atoms with Gasteiger partial charge < -0.3 is 14.7 Å². The lowest BCUT2D eigenvalue weighted by atomic mass is 9.88. The summed E-state index contributed by atoms with van der Waals surface area (Å²) in [5.41, 5.74) is 3.83. The van der Waals surface area contributed by atoms with Crippen molar-refractivity contribution in [2.24, 2.45) is 0 Å². The van der Waals surface area contributed by atoms with Crippen LogP contribution in [0.2, 0.25) is 0 Å². The van der Waals surface area contributed by atoms with Crippen LogP contribution < -0.4 is 4.90 Å². The van der Waals surface area contributed by atoms with Gasteiger partial charge in [-0.25, -0.2) is 0 Å². The van der Waals surface area contributed by atoms with E-state index in [0.29, 0.717) is 37.8 Å². The van der Waals surface area contributed by atoms with Gasteiger partial charge in [-0.1, -0.05) is 84.1 Å². The number of carbonyl (C=O) groups is 1. The average molecular weight is 526 g/mol. The lowest BCUT2D eigenvalue weighted by molar-refractivity contribution is -0.131. The Morgan fingerprint density at radius 1 is 0.821 bits per heavy atom. The summed E-state index contributed by atoms with van der Waals surface area (Å²) >= 11 is 0. The zero-order valence-electron chi connectivity index (χ0n) is 22.4. The molecule has 5 rings (SSSR count). The van der Waals surface area contributed by atoms with Gasteiger partial charge in [-0.15, -0.1) is 10.2 Å². The molecule has 0 bridgehead atoms. The fourth-order valence-corrected chi connectivity index (χ4v) is 5.34. The summed E-state index contributed by atoms with van der Waals surface area (Å²) in [7, 11) is 0. The van der Waals surface area contributed by atoms with E-state index in [4.69, 9.17) is 0 Å². The number of anilines is 1. The number of hydrogen-bond acceptors (Lipinski definition) is 6. The van der Waals surface area contributed by atoms with E-state index < -0.39 is 0 Å². The van der Waals surface area contributed by atoms with Crippen molar-refractivity contribution < 1.29 is 6.22 Å². The first-order valence-corrected chi connectivity index (χ1v) is 13.9. The Kier molecular flexibility index (Phi) is 9.31. The van der Waals surface area contributed by atoms with Crippen LogP contribution in [-0.2, 0) is 11.2 Å². The third-order valence-corrected chi connectivity index (χ3v) is 7.50. The number of tetrazole rings is 1. The van der Waals surface area contributed by atoms with Crippen molar-refractivity contribution in [3.63, 3.8) is 0 Å². The van der Waals surface area contributed by atoms with Crippen LogP contribution >= 0.6 is 0 Å². The van der Waals surface area contributed by atoms with E-state index >= 15 is 0 Å². The van der Waals surface area contributed by atoms with Gasteiger partial charge in [-0.05, 0) is 49.2 Å². The number of aromatic nitrogens is 4. The number of H-pyrrole nitrogens is 1. The molecule has 8 nitrogen and oxygen atoms in total. The summed E-state index contributed by atoms with van der Waals surface area (Å²) in [4.78, 5) is 20.1. The summed E-state index contributed by atoms with van der Waals surface area (Å²) in [5.74, 6) is 1.15. The zero-order chi connectivity index (χ0) is 26.7. The Bertz CT molecular complexity index is 1220. The Labute approximate surface area is 232 Å². The summed E-state index contributed by atoms with van der Waals surface area (Å²) in [5, 5.41) is 14.3. The van der Waals surface area contributed by atoms with Gasteiger partial charge in [0.1, 0.15) is 0 Å². The van der Waals surface area contributed by atoms with Gasteiger partial charge in [0.05, 0.1) is 6.67 Å². The highest BCUT2D eigenvalue weighted by atomic mass is 16.2. The van der Waals surface area contributed by atoms with Gasteiger partial charge in [0.15, 0.2) is 5.82 Å². The smallest absolute Gasteiger partial charge is 0.224 e. The maximum atomic E-state index is 13.3. The van der Waals surface area contributed by atoms with Gasteiger partial charge in [-0.3, -0.25) is 4.79 Å². The van der Waals surface area contributed by atoms with Crippen LogP contribution in [0.25, 0.3) is 0 Å². The van der Waals surface area contributed by atoms with Gasteiger partial charge in [-0.2, -0.15) is 5.21 Å². The normalized spacial score (nSPS) is 15.6. The van der Waals surface area contributed by atoms with Crippen molar-refractivity contribution in [1.29, 1.82) is 0 Å². The third kappa shape index (κ3) is 7.51. The molecule has 0 unspecified atom stereocenters. The van der Waals surface area contributed by atoms with Crippen LogP contribution in [0.3, 0.4) is 0 Å². The van der Waals surface area contributed by atoms with Crippen molar-refractivity contribution >= 4 is 11.6 Å². The number of para-hydroxylation sites is 1. The summed E-state index contributed by atoms with van der Waals surface area (Å²) in [6.07, 6.45) is 3.00. The Balaban J connectivity index is 0.00000370. The molecule has 1 aliphatic rings. The molecule has 204 valence electrons. The molecule has 8 heteroatoms. The highest BCUT2D eigenvalue weighted by Gasteiger charge is 2.22. The molecule has 0 saturated carbocycles. The number of rotatable bonds is 9. The number of nitrogens with one attached hydrogen (secondary N) is 1. The van der Waals surface area contributed by atoms with E-state index in [1.807, 2.05) is 11.0 Å². The molecule has 3 aromatic carbocycles. The molecule has 1 saturated heterocycles. The first kappa shape index (κ1) is 26.6. The molecule has 0 spiro atoms. The summed E-state index contributed by atoms with van der Waals surface area (Å²) < 4.78 is 0. The van der Waals surface area contributed by atoms with Crippen LogP contribution in [0.15, 0.2) is 91.0 Å². The number of nitrogens with zero attached hydrogens (tertiary/aromatic N) is 6. The molecule has 2 heterocycles. The van der Waals surface area contributed by atoms with Crippen molar-refractivity contribution in [3.05, 3.63) is 108 Å². The van der Waals surface area contributed by atoms with E-state index in [1.165, 1.54) is 11.1 Å². The van der Waals surface area contributed by atoms with Crippen molar-refractivity contribution in [1.82, 2.24) is 30.4 Å². The second-order valence-corrected chi connectivity index (χ2v) is 10.1. The minimum atomic E-state index is 0. The summed E-state index contributed by atoms with van der Waals surface area (Å²) in [6, 6.07) is 32.0. The van der Waals surface area contributed by atoms with Crippen LogP contribution in [0, 0.1) is 0 Å². The number of hydrogen-bond donors (Lipinski definition) is 1. The molecule has 1 fully saturated rings. The van der Waals surface area contributed by atoms with Crippen LogP contribution in [-0.4, -0.2) is 75.7 Å². The quantitative estimate of drug-likeness (QED) is 0.344. The molecule has 1 amide bonds. The SMILES string of the molecule is O=C1CCCN(CCC(c2ccccc2)c2ccccc2)CCN(c2ccccc2)CN1CCc1nn[nH]n1.[HH]. The lowest BCUT2D eigenvalue weighted by Gasteiger charge is -2.36. The Hall–Kier alpha value is -4.04. The van der Waals surface area contributed by atoms with Crippen LogP contribution in [0.4, 0.5) is 5.69 Å². The largest absolute Gasteiger partial charge is 0.352 e. The van der Waals surface area contributed by atoms with Gasteiger partial charge in [0.2, 0.25) is 5.91 Å². The number of amides is 1. The first-order chi connectivity index (χ1) is 19.3. The molecule has 0 radical (unpaired) electrons. The van der Waals surface area contributed by atoms with Gasteiger partial charge in [0, 0.05) is 45.5 Å². The monoisotopic (exact) mass is 525 g/mol. The van der Waals surface area contributed by atoms with E-state index in [0.717, 1.165) is 44.7 Å². The number of aromatic amines is 1. The maximum Gasteiger partial charge on any atom is 0.224 e. The third-order valence-electron chi connectivity index (χ3n) is 7.50. The van der Waals surface area contributed by atoms with Crippen LogP contribution in [0.1, 0.15) is 43.6 Å². The molecule has 0 atom stereocenters. The molecule has 1 aromatic heterocycles. The Morgan fingerprint density at radius 2 is 1.49 bits per heavy atom. The van der Waals surface area contributed by atoms with Crippen molar-refractivity contribution in [2.75, 3.05) is 44.3 Å². The molecular formula is C31H39N7O. The summed E-state index contributed by atoms with van der Waals surface area (Å²) in [6.45, 7) is 4.79. The lowest BCUT2D eigenvalue weighted by Crippen LogP contribution is -2.47. The molecule has 0 aliphatic carbocycles. The Morgan fingerprint density at radius 3 is 2.13 bits per heavy atom. The standard InChI is InChI=1S/C31H37N7O.H2/c39-31-17-10-20-36(21-18-29(26-11-4-1-5-12-26)27-13-6-2-7-14-27)23-24-37(28-15-8-3-9-16-28)25-38(31)22-19-30-32-34-35-33-30;/h1-9,11-16,29H,10,17-25H2,(H,32,33,34,35);1H. The number of benzene rings is 3. The first-order valence-electron chi connectivity index (χ1n) is 13.9. The van der Waals surface area contributed by atoms with E-state index in [-0.39, 0.29) is 7.33 Å². The highest BCUT2D eigenvalue weighted by Crippen LogP contribution is 2.28. The predicted molar refractivity (Wildman–Crippen MR) is 155 cm³/mol. The minimum absolute atomic E-state index is 0. The molecule has 4 aromatic rings.